The fourth-order valence-corrected chi connectivity index (χ4v) is 5.83. The standard InChI is InChI=1S/C14H22O4S2/c1-4-5-11-20(16,17)18-19(2,3)12-14(15)13-9-7-6-8-10-13/h6-10H,4-5,11-12H2,1-3H3. The number of carbonyl (C=O) groups excluding carboxylic acids is 1. The first kappa shape index (κ1) is 17.2. The van der Waals surface area contributed by atoms with Crippen LogP contribution in [0, 0.1) is 0 Å². The summed E-state index contributed by atoms with van der Waals surface area (Å²) in [5.74, 6) is 0.0400. The molecule has 0 atom stereocenters. The molecule has 0 spiro atoms. The van der Waals surface area contributed by atoms with E-state index in [9.17, 15) is 13.2 Å². The monoisotopic (exact) mass is 318 g/mol. The predicted octanol–water partition coefficient (Wildman–Crippen LogP) is 3.00. The number of carbonyl (C=O) groups is 1. The van der Waals surface area contributed by atoms with E-state index in [-0.39, 0.29) is 17.3 Å². The van der Waals surface area contributed by atoms with Crippen LogP contribution in [0.25, 0.3) is 0 Å². The molecule has 0 saturated carbocycles. The lowest BCUT2D eigenvalue weighted by Gasteiger charge is -2.29. The Morgan fingerprint density at radius 3 is 2.30 bits per heavy atom. The highest BCUT2D eigenvalue weighted by Crippen LogP contribution is 2.43. The van der Waals surface area contributed by atoms with Crippen molar-refractivity contribution in [3.8, 4) is 0 Å². The van der Waals surface area contributed by atoms with Gasteiger partial charge in [0, 0.05) is 5.56 Å². The summed E-state index contributed by atoms with van der Waals surface area (Å²) in [5.41, 5.74) is 0.586. The number of rotatable bonds is 8. The first-order chi connectivity index (χ1) is 9.26. The lowest BCUT2D eigenvalue weighted by molar-refractivity contribution is 0.102. The molecule has 6 heteroatoms. The maximum absolute atomic E-state index is 12.1. The van der Waals surface area contributed by atoms with Crippen molar-refractivity contribution in [3.05, 3.63) is 35.9 Å². The van der Waals surface area contributed by atoms with E-state index >= 15 is 0 Å². The second kappa shape index (κ2) is 7.24. The average Bonchev–Trinajstić information content (AvgIpc) is 2.35. The Balaban J connectivity index is 2.68. The Bertz CT molecular complexity index is 536. The van der Waals surface area contributed by atoms with Crippen LogP contribution < -0.4 is 0 Å². The molecule has 20 heavy (non-hydrogen) atoms. The average molecular weight is 318 g/mol. The number of hydrogen-bond acceptors (Lipinski definition) is 4. The molecule has 0 N–H and O–H groups in total. The fourth-order valence-electron chi connectivity index (χ4n) is 1.68. The van der Waals surface area contributed by atoms with Crippen molar-refractivity contribution in [3.63, 3.8) is 0 Å². The molecule has 1 aromatic carbocycles. The van der Waals surface area contributed by atoms with Crippen molar-refractivity contribution in [2.45, 2.75) is 19.8 Å². The molecule has 0 radical (unpaired) electrons. The molecule has 0 aromatic heterocycles. The fraction of sp³-hybridized carbons (Fsp3) is 0.500. The van der Waals surface area contributed by atoms with Gasteiger partial charge in [0.2, 0.25) is 0 Å². The number of benzene rings is 1. The Hall–Kier alpha value is -0.850. The first-order valence-electron chi connectivity index (χ1n) is 6.49. The van der Waals surface area contributed by atoms with Gasteiger partial charge in [0.1, 0.15) is 0 Å². The van der Waals surface area contributed by atoms with Gasteiger partial charge in [-0.25, -0.2) is 3.63 Å². The molecule has 1 aromatic rings. The summed E-state index contributed by atoms with van der Waals surface area (Å²) in [6.07, 6.45) is 4.78. The molecule has 0 amide bonds. The lowest BCUT2D eigenvalue weighted by Crippen LogP contribution is -2.19. The summed E-state index contributed by atoms with van der Waals surface area (Å²) in [7, 11) is -5.50. The third-order valence-corrected chi connectivity index (χ3v) is 6.66. The summed E-state index contributed by atoms with van der Waals surface area (Å²) in [5, 5.41) is 0. The van der Waals surface area contributed by atoms with Crippen molar-refractivity contribution in [2.24, 2.45) is 0 Å². The van der Waals surface area contributed by atoms with E-state index in [0.29, 0.717) is 12.0 Å². The van der Waals surface area contributed by atoms with Crippen LogP contribution >= 0.6 is 10.3 Å². The minimum absolute atomic E-state index is 0.0134. The SMILES string of the molecule is CCCCS(=O)(=O)OS(C)(C)CC(=O)c1ccccc1. The van der Waals surface area contributed by atoms with Crippen LogP contribution in [0.15, 0.2) is 30.3 Å². The van der Waals surface area contributed by atoms with E-state index in [1.54, 1.807) is 36.8 Å². The van der Waals surface area contributed by atoms with Gasteiger partial charge in [0.25, 0.3) is 10.1 Å². The zero-order chi connectivity index (χ0) is 15.2. The highest BCUT2D eigenvalue weighted by atomic mass is 32.3. The number of ketones is 1. The molecule has 0 aliphatic heterocycles. The summed E-state index contributed by atoms with van der Waals surface area (Å²) in [4.78, 5) is 12.1. The summed E-state index contributed by atoms with van der Waals surface area (Å²) in [6.45, 7) is 1.92. The number of Topliss-reactive ketones (excluding diaryl/α,β-unsaturated/α-hetero) is 1. The van der Waals surface area contributed by atoms with Crippen molar-refractivity contribution in [2.75, 3.05) is 24.0 Å². The third-order valence-electron chi connectivity index (χ3n) is 2.61. The van der Waals surface area contributed by atoms with E-state index in [1.807, 2.05) is 13.0 Å². The van der Waals surface area contributed by atoms with Gasteiger partial charge >= 0.3 is 0 Å². The van der Waals surface area contributed by atoms with Crippen LogP contribution in [0.3, 0.4) is 0 Å². The molecular weight excluding hydrogens is 296 g/mol. The minimum atomic E-state index is -3.54. The zero-order valence-electron chi connectivity index (χ0n) is 12.2. The molecule has 0 saturated heterocycles. The molecule has 4 nitrogen and oxygen atoms in total. The molecule has 0 fully saturated rings. The van der Waals surface area contributed by atoms with E-state index in [2.05, 4.69) is 0 Å². The second-order valence-electron chi connectivity index (χ2n) is 5.05. The van der Waals surface area contributed by atoms with Crippen LogP contribution in [0.5, 0.6) is 0 Å². The smallest absolute Gasteiger partial charge is 0.276 e. The van der Waals surface area contributed by atoms with Gasteiger partial charge in [-0.15, -0.1) is 10.3 Å². The topological polar surface area (TPSA) is 60.4 Å². The summed E-state index contributed by atoms with van der Waals surface area (Å²) < 4.78 is 28.9. The van der Waals surface area contributed by atoms with Gasteiger partial charge in [-0.1, -0.05) is 43.7 Å². The molecule has 0 heterocycles. The molecule has 114 valence electrons. The van der Waals surface area contributed by atoms with Crippen molar-refractivity contribution in [1.82, 2.24) is 0 Å². The third kappa shape index (κ3) is 6.07. The maximum Gasteiger partial charge on any atom is 0.276 e. The first-order valence-corrected chi connectivity index (χ1v) is 10.6. The van der Waals surface area contributed by atoms with Crippen molar-refractivity contribution in [1.29, 1.82) is 0 Å². The molecule has 1 rings (SSSR count). The van der Waals surface area contributed by atoms with Crippen molar-refractivity contribution < 1.29 is 16.8 Å². The quantitative estimate of drug-likeness (QED) is 0.691. The summed E-state index contributed by atoms with van der Waals surface area (Å²) >= 11 is 0. The Labute approximate surface area is 123 Å². The van der Waals surface area contributed by atoms with Gasteiger partial charge in [-0.2, -0.15) is 8.42 Å². The van der Waals surface area contributed by atoms with E-state index < -0.39 is 20.4 Å². The van der Waals surface area contributed by atoms with Crippen LogP contribution in [0.4, 0.5) is 0 Å². The number of unbranched alkanes of at least 4 members (excludes halogenated alkanes) is 1. The Morgan fingerprint density at radius 2 is 1.75 bits per heavy atom. The van der Waals surface area contributed by atoms with Gasteiger partial charge in [0.05, 0.1) is 11.5 Å². The van der Waals surface area contributed by atoms with E-state index in [1.165, 1.54) is 0 Å². The van der Waals surface area contributed by atoms with Gasteiger partial charge in [0.15, 0.2) is 5.78 Å². The molecule has 0 bridgehead atoms. The second-order valence-corrected chi connectivity index (χ2v) is 10.3. The van der Waals surface area contributed by atoms with Crippen molar-refractivity contribution >= 4 is 26.2 Å². The van der Waals surface area contributed by atoms with Crippen LogP contribution in [-0.4, -0.2) is 38.2 Å². The van der Waals surface area contributed by atoms with E-state index in [0.717, 1.165) is 6.42 Å². The number of hydrogen-bond donors (Lipinski definition) is 0. The van der Waals surface area contributed by atoms with Gasteiger partial charge < -0.3 is 0 Å². The van der Waals surface area contributed by atoms with Crippen LogP contribution in [0.1, 0.15) is 30.1 Å². The molecular formula is C14H22O4S2. The lowest BCUT2D eigenvalue weighted by atomic mass is 10.2. The highest BCUT2D eigenvalue weighted by Gasteiger charge is 2.25. The van der Waals surface area contributed by atoms with Crippen LogP contribution in [-0.2, 0) is 13.7 Å². The van der Waals surface area contributed by atoms with Crippen LogP contribution in [0.2, 0.25) is 0 Å². The van der Waals surface area contributed by atoms with E-state index in [4.69, 9.17) is 3.63 Å². The Morgan fingerprint density at radius 1 is 1.15 bits per heavy atom. The highest BCUT2D eigenvalue weighted by molar-refractivity contribution is 8.32. The predicted molar refractivity (Wildman–Crippen MR) is 84.9 cm³/mol. The largest absolute Gasteiger partial charge is 0.293 e. The summed E-state index contributed by atoms with van der Waals surface area (Å²) in [6, 6.07) is 8.86. The van der Waals surface area contributed by atoms with Gasteiger partial charge in [-0.05, 0) is 18.9 Å². The van der Waals surface area contributed by atoms with Gasteiger partial charge in [-0.3, -0.25) is 4.79 Å². The minimum Gasteiger partial charge on any atom is -0.293 e. The Kier molecular flexibility index (Phi) is 6.23. The molecule has 0 aliphatic rings. The maximum atomic E-state index is 12.1. The molecule has 0 aliphatic carbocycles. The molecule has 0 unspecified atom stereocenters. The normalized spacial score (nSPS) is 13.2. The zero-order valence-corrected chi connectivity index (χ0v) is 13.8.